The summed E-state index contributed by atoms with van der Waals surface area (Å²) in [4.78, 5) is 29.4. The van der Waals surface area contributed by atoms with Crippen molar-refractivity contribution in [3.8, 4) is 0 Å². The zero-order valence-corrected chi connectivity index (χ0v) is 21.0. The first kappa shape index (κ1) is 22.7. The van der Waals surface area contributed by atoms with Crippen LogP contribution < -0.4 is 4.90 Å². The predicted molar refractivity (Wildman–Crippen MR) is 132 cm³/mol. The molecule has 2 amide bonds. The van der Waals surface area contributed by atoms with Crippen LogP contribution in [0.15, 0.2) is 40.8 Å². The van der Waals surface area contributed by atoms with Crippen LogP contribution in [0.1, 0.15) is 65.2 Å². The van der Waals surface area contributed by atoms with Crippen molar-refractivity contribution in [1.82, 2.24) is 0 Å². The van der Waals surface area contributed by atoms with Gasteiger partial charge in [-0.25, -0.2) is 0 Å². The number of carbonyl (C=O) groups is 2. The van der Waals surface area contributed by atoms with Crippen molar-refractivity contribution in [3.05, 3.63) is 40.8 Å². The van der Waals surface area contributed by atoms with Crippen LogP contribution in [-0.4, -0.2) is 33.0 Å². The molecule has 3 saturated carbocycles. The summed E-state index contributed by atoms with van der Waals surface area (Å²) in [5.74, 6) is 0.0158. The van der Waals surface area contributed by atoms with E-state index in [9.17, 15) is 18.9 Å². The Kier molecular flexibility index (Phi) is 5.24. The van der Waals surface area contributed by atoms with Crippen molar-refractivity contribution < 1.29 is 18.9 Å². The van der Waals surface area contributed by atoms with Gasteiger partial charge in [0.05, 0.1) is 23.6 Å². The zero-order chi connectivity index (χ0) is 23.8. The molecule has 1 aromatic rings. The molecule has 0 unspecified atom stereocenters. The number of allylic oxidation sites excluding steroid dienone is 2. The van der Waals surface area contributed by atoms with Crippen molar-refractivity contribution in [2.45, 2.75) is 71.3 Å². The van der Waals surface area contributed by atoms with Crippen LogP contribution in [-0.2, 0) is 20.4 Å². The third-order valence-corrected chi connectivity index (χ3v) is 12.2. The molecule has 1 N–H and O–H groups in total. The molecule has 0 aromatic heterocycles. The Hall–Kier alpha value is -1.79. The van der Waals surface area contributed by atoms with Crippen LogP contribution in [0, 0.1) is 34.5 Å². The van der Waals surface area contributed by atoms with Gasteiger partial charge in [0.15, 0.2) is 0 Å². The molecule has 7 atom stereocenters. The second-order valence-corrected chi connectivity index (χ2v) is 13.3. The molecule has 2 bridgehead atoms. The van der Waals surface area contributed by atoms with Crippen molar-refractivity contribution in [2.24, 2.45) is 34.5 Å². The standard InChI is InChI=1S/C28H35NO4S/c1-27(2)17-12-13-28(27,23(30)14-17)16-34(33)22-15-21-24(20-11-7-6-10-19(20)22)26(32)29(25(21)31)18-8-4-3-5-9-18/h3-5,8-9,17,20-21,23-24,30H,6-7,10-16H2,1-2H3/t17-,20+,21-,23-,24+,28-,34-/m1/s1. The summed E-state index contributed by atoms with van der Waals surface area (Å²) in [6.45, 7) is 4.49. The number of rotatable bonds is 4. The number of benzene rings is 1. The average molecular weight is 482 g/mol. The lowest BCUT2D eigenvalue weighted by molar-refractivity contribution is -0.122. The number of aliphatic hydroxyl groups is 1. The van der Waals surface area contributed by atoms with E-state index in [0.29, 0.717) is 23.8 Å². The van der Waals surface area contributed by atoms with Crippen LogP contribution >= 0.6 is 0 Å². The molecule has 1 saturated heterocycles. The lowest BCUT2D eigenvalue weighted by Crippen LogP contribution is -2.44. The molecule has 5 nitrogen and oxygen atoms in total. The van der Waals surface area contributed by atoms with Crippen molar-refractivity contribution in [3.63, 3.8) is 0 Å². The lowest BCUT2D eigenvalue weighted by Gasteiger charge is -2.42. The zero-order valence-electron chi connectivity index (χ0n) is 20.2. The third kappa shape index (κ3) is 2.97. The Morgan fingerprint density at radius 1 is 1.06 bits per heavy atom. The molecule has 34 heavy (non-hydrogen) atoms. The summed E-state index contributed by atoms with van der Waals surface area (Å²) in [5, 5.41) is 11.0. The van der Waals surface area contributed by atoms with Gasteiger partial charge >= 0.3 is 0 Å². The van der Waals surface area contributed by atoms with Crippen LogP contribution in [0.25, 0.3) is 0 Å². The fourth-order valence-corrected chi connectivity index (χ4v) is 10.6. The fraction of sp³-hybridized carbons (Fsp3) is 0.643. The normalized spacial score (nSPS) is 39.4. The molecule has 4 aliphatic carbocycles. The first-order chi connectivity index (χ1) is 16.3. The van der Waals surface area contributed by atoms with Crippen molar-refractivity contribution in [1.29, 1.82) is 0 Å². The third-order valence-electron chi connectivity index (χ3n) is 10.4. The van der Waals surface area contributed by atoms with Gasteiger partial charge in [-0.2, -0.15) is 0 Å². The highest BCUT2D eigenvalue weighted by Crippen LogP contribution is 2.66. The maximum atomic E-state index is 14.1. The number of hydrogen-bond donors (Lipinski definition) is 1. The molecule has 1 aromatic carbocycles. The van der Waals surface area contributed by atoms with Gasteiger partial charge in [-0.05, 0) is 74.3 Å². The summed E-state index contributed by atoms with van der Waals surface area (Å²) in [6, 6.07) is 9.23. The molecular formula is C28H35NO4S. The van der Waals surface area contributed by atoms with Gasteiger partial charge in [0.25, 0.3) is 0 Å². The summed E-state index contributed by atoms with van der Waals surface area (Å²) in [7, 11) is -1.25. The van der Waals surface area contributed by atoms with Crippen LogP contribution in [0.2, 0.25) is 0 Å². The first-order valence-electron chi connectivity index (χ1n) is 13.0. The monoisotopic (exact) mass is 481 g/mol. The van der Waals surface area contributed by atoms with Crippen LogP contribution in [0.5, 0.6) is 0 Å². The van der Waals surface area contributed by atoms with E-state index in [1.54, 1.807) is 0 Å². The summed E-state index contributed by atoms with van der Waals surface area (Å²) in [5.41, 5.74) is 1.49. The highest BCUT2D eigenvalue weighted by atomic mass is 32.2. The number of carbonyl (C=O) groups excluding carboxylic acids is 2. The Morgan fingerprint density at radius 3 is 2.50 bits per heavy atom. The van der Waals surface area contributed by atoms with E-state index in [1.807, 2.05) is 30.3 Å². The minimum atomic E-state index is -1.25. The minimum absolute atomic E-state index is 0.0203. The van der Waals surface area contributed by atoms with Crippen LogP contribution in [0.4, 0.5) is 5.69 Å². The molecular weight excluding hydrogens is 446 g/mol. The molecule has 5 aliphatic rings. The maximum Gasteiger partial charge on any atom is 0.238 e. The Bertz CT molecular complexity index is 1090. The maximum absolute atomic E-state index is 14.1. The molecule has 6 rings (SSSR count). The van der Waals surface area contributed by atoms with Gasteiger partial charge in [0, 0.05) is 26.9 Å². The Labute approximate surface area is 204 Å². The molecule has 6 heteroatoms. The largest absolute Gasteiger partial charge is 0.392 e. The van der Waals surface area contributed by atoms with E-state index in [4.69, 9.17) is 0 Å². The van der Waals surface area contributed by atoms with Crippen molar-refractivity contribution in [2.75, 3.05) is 10.7 Å². The van der Waals surface area contributed by atoms with Crippen LogP contribution in [0.3, 0.4) is 0 Å². The SMILES string of the molecule is CC1(C)[C@@H]2CC[C@@]1(C[S@@](=O)C1=C3CCCC[C@@H]3[C@@H]3C(=O)N(c4ccccc4)C(=O)[C@@H]3C1)[C@H](O)C2. The molecule has 4 fully saturated rings. The number of amides is 2. The molecule has 0 spiro atoms. The number of para-hydroxylation sites is 1. The number of nitrogens with zero attached hydrogens (tertiary/aromatic N) is 1. The molecule has 1 aliphatic heterocycles. The molecule has 0 radical (unpaired) electrons. The highest BCUT2D eigenvalue weighted by Gasteiger charge is 2.64. The van der Waals surface area contributed by atoms with Gasteiger partial charge in [0.1, 0.15) is 0 Å². The lowest BCUT2D eigenvalue weighted by atomic mass is 9.67. The fourth-order valence-electron chi connectivity index (χ4n) is 8.30. The topological polar surface area (TPSA) is 74.7 Å². The van der Waals surface area contributed by atoms with E-state index in [2.05, 4.69) is 13.8 Å². The summed E-state index contributed by atoms with van der Waals surface area (Å²) in [6.07, 6.45) is 6.71. The summed E-state index contributed by atoms with van der Waals surface area (Å²) >= 11 is 0. The molecule has 182 valence electrons. The number of fused-ring (bicyclic) bond motifs is 5. The number of hydrogen-bond acceptors (Lipinski definition) is 4. The van der Waals surface area contributed by atoms with Crippen molar-refractivity contribution >= 4 is 28.3 Å². The predicted octanol–water partition coefficient (Wildman–Crippen LogP) is 4.58. The number of anilines is 1. The first-order valence-corrected chi connectivity index (χ1v) is 14.3. The Balaban J connectivity index is 1.35. The van der Waals surface area contributed by atoms with Gasteiger partial charge in [-0.15, -0.1) is 0 Å². The second-order valence-electron chi connectivity index (χ2n) is 11.8. The van der Waals surface area contributed by atoms with Gasteiger partial charge in [-0.1, -0.05) is 44.0 Å². The van der Waals surface area contributed by atoms with E-state index < -0.39 is 22.8 Å². The van der Waals surface area contributed by atoms with Gasteiger partial charge < -0.3 is 5.11 Å². The second kappa shape index (κ2) is 7.86. The molecule has 1 heterocycles. The van der Waals surface area contributed by atoms with E-state index in [1.165, 1.54) is 10.5 Å². The minimum Gasteiger partial charge on any atom is -0.392 e. The number of aliphatic hydroxyl groups excluding tert-OH is 1. The van der Waals surface area contributed by atoms with Gasteiger partial charge in [0.2, 0.25) is 11.8 Å². The number of imide groups is 1. The quantitative estimate of drug-likeness (QED) is 0.639. The Morgan fingerprint density at radius 2 is 1.82 bits per heavy atom. The highest BCUT2D eigenvalue weighted by molar-refractivity contribution is 7.89. The smallest absolute Gasteiger partial charge is 0.238 e. The van der Waals surface area contributed by atoms with Gasteiger partial charge in [-0.3, -0.25) is 18.7 Å². The van der Waals surface area contributed by atoms with E-state index in [0.717, 1.165) is 49.9 Å². The van der Waals surface area contributed by atoms with E-state index >= 15 is 0 Å². The van der Waals surface area contributed by atoms with E-state index in [-0.39, 0.29) is 34.5 Å². The summed E-state index contributed by atoms with van der Waals surface area (Å²) < 4.78 is 14.1. The average Bonchev–Trinajstić information content (AvgIpc) is 3.30.